The summed E-state index contributed by atoms with van der Waals surface area (Å²) in [7, 11) is 0. The summed E-state index contributed by atoms with van der Waals surface area (Å²) >= 11 is 0. The monoisotopic (exact) mass is 141 g/mol. The van der Waals surface area contributed by atoms with Crippen molar-refractivity contribution in [1.29, 1.82) is 0 Å². The van der Waals surface area contributed by atoms with Crippen molar-refractivity contribution in [2.24, 2.45) is 0 Å². The van der Waals surface area contributed by atoms with Crippen LogP contribution in [0.2, 0.25) is 0 Å². The molecule has 0 radical (unpaired) electrons. The molecular formula is C9H19N. The van der Waals surface area contributed by atoms with Crippen LogP contribution in [0.5, 0.6) is 0 Å². The van der Waals surface area contributed by atoms with Crippen LogP contribution in [0.1, 0.15) is 27.2 Å². The van der Waals surface area contributed by atoms with E-state index in [1.807, 2.05) is 0 Å². The lowest BCUT2D eigenvalue weighted by Gasteiger charge is -2.15. The van der Waals surface area contributed by atoms with E-state index in [4.69, 9.17) is 0 Å². The van der Waals surface area contributed by atoms with Gasteiger partial charge in [-0.1, -0.05) is 26.0 Å². The van der Waals surface area contributed by atoms with E-state index in [2.05, 4.69) is 37.8 Å². The van der Waals surface area contributed by atoms with E-state index in [1.54, 1.807) is 0 Å². The first kappa shape index (κ1) is 9.70. The molecule has 0 saturated heterocycles. The lowest BCUT2D eigenvalue weighted by atomic mass is 10.3. The Hall–Kier alpha value is -0.300. The summed E-state index contributed by atoms with van der Waals surface area (Å²) in [5.74, 6) is 0. The van der Waals surface area contributed by atoms with Crippen molar-refractivity contribution < 1.29 is 0 Å². The lowest BCUT2D eigenvalue weighted by Crippen LogP contribution is -2.23. The standard InChI is InChI=1S/C9H19N/c1-4-7-8-9-10(5-2)6-3/h4,7H,5-6,8-9H2,1-3H3/b7-4-. The highest BCUT2D eigenvalue weighted by Gasteiger charge is 1.94. The normalized spacial score (nSPS) is 11.6. The fourth-order valence-electron chi connectivity index (χ4n) is 0.964. The maximum Gasteiger partial charge on any atom is 0.00157 e. The summed E-state index contributed by atoms with van der Waals surface area (Å²) in [6, 6.07) is 0. The first-order valence-corrected chi connectivity index (χ1v) is 4.18. The van der Waals surface area contributed by atoms with E-state index in [1.165, 1.54) is 26.1 Å². The molecule has 0 aliphatic heterocycles. The molecule has 0 aliphatic rings. The molecular weight excluding hydrogens is 122 g/mol. The summed E-state index contributed by atoms with van der Waals surface area (Å²) in [6.07, 6.45) is 5.53. The van der Waals surface area contributed by atoms with E-state index in [-0.39, 0.29) is 0 Å². The molecule has 0 rings (SSSR count). The molecule has 0 N–H and O–H groups in total. The van der Waals surface area contributed by atoms with E-state index in [9.17, 15) is 0 Å². The van der Waals surface area contributed by atoms with Crippen LogP contribution in [0.15, 0.2) is 12.2 Å². The number of allylic oxidation sites excluding steroid dienone is 1. The van der Waals surface area contributed by atoms with E-state index >= 15 is 0 Å². The Morgan fingerprint density at radius 1 is 1.20 bits per heavy atom. The fraction of sp³-hybridized carbons (Fsp3) is 0.778. The molecule has 0 atom stereocenters. The molecule has 10 heavy (non-hydrogen) atoms. The predicted molar refractivity (Wildman–Crippen MR) is 47.2 cm³/mol. The van der Waals surface area contributed by atoms with Crippen molar-refractivity contribution >= 4 is 0 Å². The van der Waals surface area contributed by atoms with Gasteiger partial charge in [0.1, 0.15) is 0 Å². The zero-order valence-electron chi connectivity index (χ0n) is 7.43. The van der Waals surface area contributed by atoms with Gasteiger partial charge in [0.05, 0.1) is 0 Å². The minimum Gasteiger partial charge on any atom is -0.304 e. The first-order valence-electron chi connectivity index (χ1n) is 4.18. The van der Waals surface area contributed by atoms with Crippen LogP contribution >= 0.6 is 0 Å². The zero-order valence-corrected chi connectivity index (χ0v) is 7.43. The van der Waals surface area contributed by atoms with E-state index < -0.39 is 0 Å². The number of hydrogen-bond acceptors (Lipinski definition) is 1. The maximum atomic E-state index is 2.43. The van der Waals surface area contributed by atoms with Crippen molar-refractivity contribution in [3.05, 3.63) is 12.2 Å². The van der Waals surface area contributed by atoms with Gasteiger partial charge in [-0.3, -0.25) is 0 Å². The SMILES string of the molecule is C/C=C\CCN(CC)CC. The van der Waals surface area contributed by atoms with Gasteiger partial charge in [-0.05, 0) is 26.4 Å². The van der Waals surface area contributed by atoms with Crippen molar-refractivity contribution in [3.8, 4) is 0 Å². The lowest BCUT2D eigenvalue weighted by molar-refractivity contribution is 0.310. The van der Waals surface area contributed by atoms with Gasteiger partial charge >= 0.3 is 0 Å². The first-order chi connectivity index (χ1) is 4.85. The van der Waals surface area contributed by atoms with Crippen molar-refractivity contribution in [3.63, 3.8) is 0 Å². The highest BCUT2D eigenvalue weighted by molar-refractivity contribution is 4.77. The smallest absolute Gasteiger partial charge is 0.00157 e. The summed E-state index contributed by atoms with van der Waals surface area (Å²) in [5, 5.41) is 0. The molecule has 1 nitrogen and oxygen atoms in total. The topological polar surface area (TPSA) is 3.24 Å². The third kappa shape index (κ3) is 4.57. The van der Waals surface area contributed by atoms with Crippen LogP contribution in [0.4, 0.5) is 0 Å². The Balaban J connectivity index is 3.25. The van der Waals surface area contributed by atoms with Gasteiger partial charge in [-0.15, -0.1) is 0 Å². The van der Waals surface area contributed by atoms with E-state index in [0.29, 0.717) is 0 Å². The second-order valence-electron chi connectivity index (χ2n) is 2.38. The van der Waals surface area contributed by atoms with Gasteiger partial charge < -0.3 is 4.90 Å². The molecule has 0 bridgehead atoms. The minimum absolute atomic E-state index is 1.17. The molecule has 0 spiro atoms. The van der Waals surface area contributed by atoms with Crippen molar-refractivity contribution in [2.45, 2.75) is 27.2 Å². The quantitative estimate of drug-likeness (QED) is 0.531. The molecule has 60 valence electrons. The molecule has 0 heterocycles. The molecule has 1 heteroatoms. The highest BCUT2D eigenvalue weighted by Crippen LogP contribution is 1.90. The zero-order chi connectivity index (χ0) is 7.82. The number of hydrogen-bond donors (Lipinski definition) is 0. The largest absolute Gasteiger partial charge is 0.304 e. The van der Waals surface area contributed by atoms with Crippen LogP contribution in [-0.4, -0.2) is 24.5 Å². The molecule has 0 aliphatic carbocycles. The highest BCUT2D eigenvalue weighted by atomic mass is 15.1. The van der Waals surface area contributed by atoms with Gasteiger partial charge in [0, 0.05) is 6.54 Å². The van der Waals surface area contributed by atoms with Crippen LogP contribution in [0, 0.1) is 0 Å². The average molecular weight is 141 g/mol. The molecule has 0 amide bonds. The minimum atomic E-state index is 1.17. The Morgan fingerprint density at radius 3 is 2.20 bits per heavy atom. The Kier molecular flexibility index (Phi) is 6.61. The second-order valence-corrected chi connectivity index (χ2v) is 2.38. The summed E-state index contributed by atoms with van der Waals surface area (Å²) < 4.78 is 0. The van der Waals surface area contributed by atoms with E-state index in [0.717, 1.165) is 0 Å². The van der Waals surface area contributed by atoms with Gasteiger partial charge in [-0.25, -0.2) is 0 Å². The summed E-state index contributed by atoms with van der Waals surface area (Å²) in [4.78, 5) is 2.43. The van der Waals surface area contributed by atoms with Gasteiger partial charge in [0.15, 0.2) is 0 Å². The molecule has 0 aromatic carbocycles. The Labute approximate surface area is 64.7 Å². The van der Waals surface area contributed by atoms with Gasteiger partial charge in [0.2, 0.25) is 0 Å². The van der Waals surface area contributed by atoms with Crippen LogP contribution in [0.25, 0.3) is 0 Å². The average Bonchev–Trinajstić information content (AvgIpc) is 1.99. The number of nitrogens with zero attached hydrogens (tertiary/aromatic N) is 1. The maximum absolute atomic E-state index is 2.43. The van der Waals surface area contributed by atoms with Crippen molar-refractivity contribution in [2.75, 3.05) is 19.6 Å². The molecule has 0 fully saturated rings. The summed E-state index contributed by atoms with van der Waals surface area (Å²) in [5.41, 5.74) is 0. The third-order valence-corrected chi connectivity index (χ3v) is 1.74. The van der Waals surface area contributed by atoms with Crippen LogP contribution in [0.3, 0.4) is 0 Å². The Bertz CT molecular complexity index is 82.7. The molecule has 0 aromatic heterocycles. The van der Waals surface area contributed by atoms with Gasteiger partial charge in [-0.2, -0.15) is 0 Å². The fourth-order valence-corrected chi connectivity index (χ4v) is 0.964. The molecule has 0 saturated carbocycles. The second kappa shape index (κ2) is 6.81. The third-order valence-electron chi connectivity index (χ3n) is 1.74. The predicted octanol–water partition coefficient (Wildman–Crippen LogP) is 2.29. The number of rotatable bonds is 5. The van der Waals surface area contributed by atoms with Crippen molar-refractivity contribution in [1.82, 2.24) is 4.90 Å². The molecule has 0 unspecified atom stereocenters. The Morgan fingerprint density at radius 2 is 1.80 bits per heavy atom. The van der Waals surface area contributed by atoms with Gasteiger partial charge in [0.25, 0.3) is 0 Å². The van der Waals surface area contributed by atoms with Crippen LogP contribution < -0.4 is 0 Å². The molecule has 0 aromatic rings. The summed E-state index contributed by atoms with van der Waals surface area (Å²) in [6.45, 7) is 10.0. The van der Waals surface area contributed by atoms with Crippen LogP contribution in [-0.2, 0) is 0 Å².